The van der Waals surface area contributed by atoms with Gasteiger partial charge in [0.25, 0.3) is 5.91 Å². The molecule has 0 bridgehead atoms. The molecular weight excluding hydrogens is 322 g/mol. The van der Waals surface area contributed by atoms with Gasteiger partial charge in [-0.25, -0.2) is 4.79 Å². The second-order valence-electron chi connectivity index (χ2n) is 6.85. The van der Waals surface area contributed by atoms with Crippen LogP contribution in [0.4, 0.5) is 4.79 Å². The number of benzene rings is 1. The van der Waals surface area contributed by atoms with Crippen molar-refractivity contribution in [1.29, 1.82) is 0 Å². The molecule has 0 heterocycles. The van der Waals surface area contributed by atoms with Crippen LogP contribution in [0.5, 0.6) is 0 Å². The van der Waals surface area contributed by atoms with E-state index in [2.05, 4.69) is 16.2 Å². The number of nitrogens with one attached hydrogen (secondary N) is 3. The summed E-state index contributed by atoms with van der Waals surface area (Å²) in [5, 5.41) is 2.57. The van der Waals surface area contributed by atoms with Crippen molar-refractivity contribution >= 4 is 17.9 Å². The number of hydrogen-bond acceptors (Lipinski definition) is 4. The van der Waals surface area contributed by atoms with Crippen LogP contribution in [-0.4, -0.2) is 30.1 Å². The third-order valence-electron chi connectivity index (χ3n) is 3.19. The Hall–Kier alpha value is -2.57. The third-order valence-corrected chi connectivity index (χ3v) is 3.19. The molecule has 1 rings (SSSR count). The maximum atomic E-state index is 12.0. The van der Waals surface area contributed by atoms with Crippen LogP contribution < -0.4 is 16.2 Å². The van der Waals surface area contributed by atoms with Crippen LogP contribution in [-0.2, 0) is 9.53 Å². The smallest absolute Gasteiger partial charge is 0.407 e. The minimum Gasteiger partial charge on any atom is -0.444 e. The molecule has 0 saturated carbocycles. The maximum absolute atomic E-state index is 12.0. The fourth-order valence-corrected chi connectivity index (χ4v) is 2.08. The molecule has 0 unspecified atom stereocenters. The summed E-state index contributed by atoms with van der Waals surface area (Å²) in [6, 6.07) is 5.46. The standard InChI is InChI=1S/C18H27N3O4/c1-12-8-9-14(13(2)11-12)16(23)21-20-15(22)7-6-10-19-17(24)25-18(3,4)5/h8-9,11H,6-7,10H2,1-5H3,(H,19,24)(H,20,22)(H,21,23). The highest BCUT2D eigenvalue weighted by atomic mass is 16.6. The van der Waals surface area contributed by atoms with E-state index in [1.165, 1.54) is 0 Å². The zero-order valence-corrected chi connectivity index (χ0v) is 15.5. The molecule has 1 aromatic carbocycles. The number of aryl methyl sites for hydroxylation is 2. The molecule has 1 aromatic rings. The molecule has 0 atom stereocenters. The Bertz CT molecular complexity index is 636. The number of amides is 3. The minimum absolute atomic E-state index is 0.170. The molecule has 0 aliphatic carbocycles. The number of ether oxygens (including phenoxy) is 1. The van der Waals surface area contributed by atoms with Gasteiger partial charge in [0.05, 0.1) is 0 Å². The van der Waals surface area contributed by atoms with Crippen LogP contribution in [0.2, 0.25) is 0 Å². The molecule has 138 valence electrons. The van der Waals surface area contributed by atoms with Gasteiger partial charge in [0.1, 0.15) is 5.60 Å². The first-order chi connectivity index (χ1) is 11.6. The van der Waals surface area contributed by atoms with Crippen molar-refractivity contribution in [2.75, 3.05) is 6.54 Å². The molecule has 25 heavy (non-hydrogen) atoms. The summed E-state index contributed by atoms with van der Waals surface area (Å²) in [4.78, 5) is 35.2. The van der Waals surface area contributed by atoms with Gasteiger partial charge in [-0.1, -0.05) is 17.7 Å². The minimum atomic E-state index is -0.556. The van der Waals surface area contributed by atoms with Crippen LogP contribution in [0.3, 0.4) is 0 Å². The highest BCUT2D eigenvalue weighted by molar-refractivity contribution is 5.96. The Morgan fingerprint density at radius 1 is 1.08 bits per heavy atom. The van der Waals surface area contributed by atoms with E-state index in [1.54, 1.807) is 26.8 Å². The molecule has 0 saturated heterocycles. The van der Waals surface area contributed by atoms with Gasteiger partial charge in [0, 0.05) is 18.5 Å². The summed E-state index contributed by atoms with van der Waals surface area (Å²) in [5.41, 5.74) is 6.62. The molecule has 7 heteroatoms. The first-order valence-corrected chi connectivity index (χ1v) is 8.22. The summed E-state index contributed by atoms with van der Waals surface area (Å²) < 4.78 is 5.08. The lowest BCUT2D eigenvalue weighted by atomic mass is 10.1. The highest BCUT2D eigenvalue weighted by Crippen LogP contribution is 2.10. The van der Waals surface area contributed by atoms with Gasteiger partial charge in [-0.2, -0.15) is 0 Å². The average molecular weight is 349 g/mol. The molecule has 0 aliphatic heterocycles. The van der Waals surface area contributed by atoms with Crippen molar-refractivity contribution in [3.05, 3.63) is 34.9 Å². The van der Waals surface area contributed by atoms with Crippen LogP contribution in [0.25, 0.3) is 0 Å². The largest absolute Gasteiger partial charge is 0.444 e. The van der Waals surface area contributed by atoms with Gasteiger partial charge < -0.3 is 10.1 Å². The van der Waals surface area contributed by atoms with Crippen molar-refractivity contribution in [3.8, 4) is 0 Å². The monoisotopic (exact) mass is 349 g/mol. The maximum Gasteiger partial charge on any atom is 0.407 e. The first-order valence-electron chi connectivity index (χ1n) is 8.22. The van der Waals surface area contributed by atoms with Gasteiger partial charge >= 0.3 is 6.09 Å². The summed E-state index contributed by atoms with van der Waals surface area (Å²) in [6.07, 6.45) is 0.0871. The van der Waals surface area contributed by atoms with Gasteiger partial charge in [-0.15, -0.1) is 0 Å². The predicted molar refractivity (Wildman–Crippen MR) is 95.0 cm³/mol. The Labute approximate surface area is 148 Å². The number of hydrazine groups is 1. The average Bonchev–Trinajstić information content (AvgIpc) is 2.47. The molecule has 3 amide bonds. The van der Waals surface area contributed by atoms with Crippen LogP contribution in [0.15, 0.2) is 18.2 Å². The van der Waals surface area contributed by atoms with E-state index in [0.717, 1.165) is 11.1 Å². The quantitative estimate of drug-likeness (QED) is 0.562. The number of carbonyl (C=O) groups excluding carboxylic acids is 3. The Morgan fingerprint density at radius 3 is 2.36 bits per heavy atom. The first kappa shape index (κ1) is 20.5. The summed E-state index contributed by atoms with van der Waals surface area (Å²) in [5.74, 6) is -0.693. The third kappa shape index (κ3) is 8.19. The highest BCUT2D eigenvalue weighted by Gasteiger charge is 2.15. The second kappa shape index (κ2) is 9.05. The van der Waals surface area contributed by atoms with Crippen LogP contribution in [0.1, 0.15) is 55.1 Å². The molecule has 0 aliphatic rings. The topological polar surface area (TPSA) is 96.5 Å². The molecule has 3 N–H and O–H groups in total. The number of rotatable bonds is 5. The molecule has 0 fully saturated rings. The lowest BCUT2D eigenvalue weighted by Crippen LogP contribution is -2.42. The summed E-state index contributed by atoms with van der Waals surface area (Å²) >= 11 is 0. The normalized spacial score (nSPS) is 10.8. The Kier molecular flexibility index (Phi) is 7.42. The number of alkyl carbamates (subject to hydrolysis) is 1. The van der Waals surface area contributed by atoms with E-state index < -0.39 is 11.7 Å². The van der Waals surface area contributed by atoms with Crippen molar-refractivity contribution < 1.29 is 19.1 Å². The molecule has 0 radical (unpaired) electrons. The van der Waals surface area contributed by atoms with Crippen LogP contribution in [0, 0.1) is 13.8 Å². The molecule has 7 nitrogen and oxygen atoms in total. The summed E-state index contributed by atoms with van der Waals surface area (Å²) in [7, 11) is 0. The van der Waals surface area contributed by atoms with Crippen molar-refractivity contribution in [2.24, 2.45) is 0 Å². The van der Waals surface area contributed by atoms with E-state index >= 15 is 0 Å². The van der Waals surface area contributed by atoms with Gasteiger partial charge in [0.2, 0.25) is 5.91 Å². The van der Waals surface area contributed by atoms with E-state index in [-0.39, 0.29) is 18.2 Å². The predicted octanol–water partition coefficient (Wildman–Crippen LogP) is 2.37. The Balaban J connectivity index is 2.27. The van der Waals surface area contributed by atoms with Crippen molar-refractivity contribution in [2.45, 2.75) is 53.1 Å². The molecular formula is C18H27N3O4. The zero-order valence-electron chi connectivity index (χ0n) is 15.5. The zero-order chi connectivity index (χ0) is 19.0. The van der Waals surface area contributed by atoms with E-state index in [0.29, 0.717) is 18.5 Å². The lowest BCUT2D eigenvalue weighted by molar-refractivity contribution is -0.121. The van der Waals surface area contributed by atoms with Crippen LogP contribution >= 0.6 is 0 Å². The second-order valence-corrected chi connectivity index (χ2v) is 6.85. The van der Waals surface area contributed by atoms with Gasteiger partial charge in [0.15, 0.2) is 0 Å². The van der Waals surface area contributed by atoms with E-state index in [4.69, 9.17) is 4.74 Å². The molecule has 0 spiro atoms. The van der Waals surface area contributed by atoms with Gasteiger partial charge in [-0.3, -0.25) is 20.4 Å². The van der Waals surface area contributed by atoms with Crippen molar-refractivity contribution in [1.82, 2.24) is 16.2 Å². The molecule has 0 aromatic heterocycles. The van der Waals surface area contributed by atoms with E-state index in [1.807, 2.05) is 26.0 Å². The fourth-order valence-electron chi connectivity index (χ4n) is 2.08. The Morgan fingerprint density at radius 2 is 1.76 bits per heavy atom. The summed E-state index contributed by atoms with van der Waals surface area (Å²) in [6.45, 7) is 9.43. The van der Waals surface area contributed by atoms with Gasteiger partial charge in [-0.05, 0) is 52.7 Å². The van der Waals surface area contributed by atoms with Crippen molar-refractivity contribution in [3.63, 3.8) is 0 Å². The fraction of sp³-hybridized carbons (Fsp3) is 0.500. The number of hydrogen-bond donors (Lipinski definition) is 3. The lowest BCUT2D eigenvalue weighted by Gasteiger charge is -2.19. The SMILES string of the molecule is Cc1ccc(C(=O)NNC(=O)CCCNC(=O)OC(C)(C)C)c(C)c1. The number of carbonyl (C=O) groups is 3. The van der Waals surface area contributed by atoms with E-state index in [9.17, 15) is 14.4 Å².